The minimum absolute atomic E-state index is 0.0182. The first-order valence-electron chi connectivity index (χ1n) is 9.40. The number of H-pyrrole nitrogens is 1. The molecule has 28 heavy (non-hydrogen) atoms. The highest BCUT2D eigenvalue weighted by molar-refractivity contribution is 5.92. The number of fused-ring (bicyclic) bond motifs is 1. The minimum Gasteiger partial charge on any atom is -0.493 e. The van der Waals surface area contributed by atoms with Crippen molar-refractivity contribution in [2.24, 2.45) is 0 Å². The van der Waals surface area contributed by atoms with Crippen molar-refractivity contribution in [3.05, 3.63) is 65.9 Å². The van der Waals surface area contributed by atoms with E-state index in [2.05, 4.69) is 24.0 Å². The SMILES string of the molecule is CCCN(Cc1cc2ccccc2[nH]1)C(=O)/C=C/c1ccc(OC)c(OC)c1. The molecule has 0 spiro atoms. The Morgan fingerprint density at radius 2 is 1.86 bits per heavy atom. The minimum atomic E-state index is -0.0182. The molecular weight excluding hydrogens is 352 g/mol. The summed E-state index contributed by atoms with van der Waals surface area (Å²) in [6.45, 7) is 3.33. The van der Waals surface area contributed by atoms with Crippen LogP contribution in [0.3, 0.4) is 0 Å². The molecule has 1 heterocycles. The molecule has 1 N–H and O–H groups in total. The Balaban J connectivity index is 1.74. The van der Waals surface area contributed by atoms with Crippen molar-refractivity contribution in [2.45, 2.75) is 19.9 Å². The molecule has 0 aliphatic rings. The van der Waals surface area contributed by atoms with Gasteiger partial charge in [0.25, 0.3) is 0 Å². The van der Waals surface area contributed by atoms with Gasteiger partial charge in [-0.15, -0.1) is 0 Å². The highest BCUT2D eigenvalue weighted by Gasteiger charge is 2.12. The van der Waals surface area contributed by atoms with Crippen molar-refractivity contribution in [1.29, 1.82) is 0 Å². The van der Waals surface area contributed by atoms with Crippen molar-refractivity contribution in [2.75, 3.05) is 20.8 Å². The third-order valence-electron chi connectivity index (χ3n) is 4.58. The predicted octanol–water partition coefficient (Wildman–Crippen LogP) is 4.64. The van der Waals surface area contributed by atoms with Gasteiger partial charge >= 0.3 is 0 Å². The summed E-state index contributed by atoms with van der Waals surface area (Å²) < 4.78 is 10.6. The molecule has 0 aliphatic carbocycles. The van der Waals surface area contributed by atoms with Crippen LogP contribution in [0.15, 0.2) is 54.6 Å². The number of carbonyl (C=O) groups is 1. The average molecular weight is 378 g/mol. The van der Waals surface area contributed by atoms with Gasteiger partial charge in [-0.05, 0) is 47.7 Å². The number of rotatable bonds is 8. The Labute approximate surface area is 165 Å². The summed E-state index contributed by atoms with van der Waals surface area (Å²) in [5.41, 5.74) is 3.00. The van der Waals surface area contributed by atoms with Crippen molar-refractivity contribution < 1.29 is 14.3 Å². The van der Waals surface area contributed by atoms with Crippen LogP contribution in [-0.2, 0) is 11.3 Å². The molecule has 0 saturated carbocycles. The number of benzene rings is 2. The molecule has 146 valence electrons. The largest absolute Gasteiger partial charge is 0.493 e. The summed E-state index contributed by atoms with van der Waals surface area (Å²) in [5.74, 6) is 1.29. The van der Waals surface area contributed by atoms with Gasteiger partial charge in [0.2, 0.25) is 5.91 Å². The molecule has 3 rings (SSSR count). The number of ether oxygens (including phenoxy) is 2. The zero-order valence-electron chi connectivity index (χ0n) is 16.6. The topological polar surface area (TPSA) is 54.6 Å². The normalized spacial score (nSPS) is 11.1. The van der Waals surface area contributed by atoms with Gasteiger partial charge in [-0.3, -0.25) is 4.79 Å². The van der Waals surface area contributed by atoms with E-state index in [9.17, 15) is 4.79 Å². The third kappa shape index (κ3) is 4.55. The number of nitrogens with one attached hydrogen (secondary N) is 1. The van der Waals surface area contributed by atoms with Gasteiger partial charge in [0, 0.05) is 23.8 Å². The number of aromatic amines is 1. The standard InChI is InChI=1S/C23H26N2O3/c1-4-13-25(16-19-15-18-7-5-6-8-20(18)24-19)23(26)12-10-17-9-11-21(27-2)22(14-17)28-3/h5-12,14-15,24H,4,13,16H2,1-3H3/b12-10+. The number of aromatic nitrogens is 1. The number of para-hydroxylation sites is 1. The Hall–Kier alpha value is -3.21. The van der Waals surface area contributed by atoms with E-state index in [1.807, 2.05) is 41.3 Å². The van der Waals surface area contributed by atoms with Crippen LogP contribution in [0.4, 0.5) is 0 Å². The molecule has 0 atom stereocenters. The molecule has 5 heteroatoms. The first-order chi connectivity index (χ1) is 13.6. The van der Waals surface area contributed by atoms with E-state index < -0.39 is 0 Å². The van der Waals surface area contributed by atoms with Crippen LogP contribution in [-0.4, -0.2) is 36.6 Å². The molecule has 0 saturated heterocycles. The number of nitrogens with zero attached hydrogens (tertiary/aromatic N) is 1. The van der Waals surface area contributed by atoms with Crippen LogP contribution in [0.5, 0.6) is 11.5 Å². The Kier molecular flexibility index (Phi) is 6.37. The fourth-order valence-electron chi connectivity index (χ4n) is 3.19. The van der Waals surface area contributed by atoms with Crippen molar-refractivity contribution in [3.8, 4) is 11.5 Å². The van der Waals surface area contributed by atoms with E-state index in [-0.39, 0.29) is 5.91 Å². The highest BCUT2D eigenvalue weighted by atomic mass is 16.5. The quantitative estimate of drug-likeness (QED) is 0.581. The summed E-state index contributed by atoms with van der Waals surface area (Å²) in [4.78, 5) is 18.0. The van der Waals surface area contributed by atoms with Crippen LogP contribution in [0.1, 0.15) is 24.6 Å². The number of amides is 1. The first-order valence-corrected chi connectivity index (χ1v) is 9.40. The van der Waals surface area contributed by atoms with Gasteiger partial charge in [0.15, 0.2) is 11.5 Å². The van der Waals surface area contributed by atoms with E-state index in [1.165, 1.54) is 0 Å². The summed E-state index contributed by atoms with van der Waals surface area (Å²) in [6, 6.07) is 15.8. The third-order valence-corrected chi connectivity index (χ3v) is 4.58. The molecule has 1 amide bonds. The van der Waals surface area contributed by atoms with Crippen molar-refractivity contribution in [3.63, 3.8) is 0 Å². The molecule has 5 nitrogen and oxygen atoms in total. The second kappa shape index (κ2) is 9.13. The van der Waals surface area contributed by atoms with Crippen molar-refractivity contribution in [1.82, 2.24) is 9.88 Å². The summed E-state index contributed by atoms with van der Waals surface area (Å²) in [5, 5.41) is 1.15. The van der Waals surface area contributed by atoms with Gasteiger partial charge in [-0.25, -0.2) is 0 Å². The molecule has 0 bridgehead atoms. The summed E-state index contributed by atoms with van der Waals surface area (Å²) in [6.07, 6.45) is 4.31. The van der Waals surface area contributed by atoms with Gasteiger partial charge in [0.1, 0.15) is 0 Å². The number of hydrogen-bond acceptors (Lipinski definition) is 3. The fraction of sp³-hybridized carbons (Fsp3) is 0.261. The molecule has 0 unspecified atom stereocenters. The number of methoxy groups -OCH3 is 2. The lowest BCUT2D eigenvalue weighted by atomic mass is 10.2. The second-order valence-corrected chi connectivity index (χ2v) is 6.59. The first kappa shape index (κ1) is 19.5. The summed E-state index contributed by atoms with van der Waals surface area (Å²) >= 11 is 0. The van der Waals surface area contributed by atoms with Gasteiger partial charge in [-0.2, -0.15) is 0 Å². The maximum atomic E-state index is 12.8. The predicted molar refractivity (Wildman–Crippen MR) is 113 cm³/mol. The van der Waals surface area contributed by atoms with Crippen LogP contribution in [0.2, 0.25) is 0 Å². The van der Waals surface area contributed by atoms with Gasteiger partial charge in [-0.1, -0.05) is 31.2 Å². The van der Waals surface area contributed by atoms with Crippen LogP contribution in [0, 0.1) is 0 Å². The lowest BCUT2D eigenvalue weighted by molar-refractivity contribution is -0.126. The van der Waals surface area contributed by atoms with Gasteiger partial charge < -0.3 is 19.4 Å². The number of carbonyl (C=O) groups excluding carboxylic acids is 1. The lowest BCUT2D eigenvalue weighted by Gasteiger charge is -2.19. The smallest absolute Gasteiger partial charge is 0.246 e. The molecular formula is C23H26N2O3. The van der Waals surface area contributed by atoms with E-state index in [0.29, 0.717) is 24.6 Å². The molecule has 1 aromatic heterocycles. The zero-order valence-corrected chi connectivity index (χ0v) is 16.6. The van der Waals surface area contributed by atoms with E-state index in [1.54, 1.807) is 26.4 Å². The van der Waals surface area contributed by atoms with Crippen LogP contribution >= 0.6 is 0 Å². The lowest BCUT2D eigenvalue weighted by Crippen LogP contribution is -2.29. The van der Waals surface area contributed by atoms with Crippen LogP contribution < -0.4 is 9.47 Å². The van der Waals surface area contributed by atoms with E-state index in [0.717, 1.165) is 28.6 Å². The Bertz CT molecular complexity index is 942. The van der Waals surface area contributed by atoms with E-state index in [4.69, 9.17) is 9.47 Å². The van der Waals surface area contributed by atoms with Gasteiger partial charge in [0.05, 0.1) is 20.8 Å². The highest BCUT2D eigenvalue weighted by Crippen LogP contribution is 2.28. The monoisotopic (exact) mass is 378 g/mol. The van der Waals surface area contributed by atoms with Crippen LogP contribution in [0.25, 0.3) is 17.0 Å². The molecule has 3 aromatic rings. The molecule has 0 aliphatic heterocycles. The summed E-state index contributed by atoms with van der Waals surface area (Å²) in [7, 11) is 3.20. The number of hydrogen-bond donors (Lipinski definition) is 1. The fourth-order valence-corrected chi connectivity index (χ4v) is 3.19. The maximum absolute atomic E-state index is 12.8. The molecule has 0 fully saturated rings. The molecule has 2 aromatic carbocycles. The Morgan fingerprint density at radius 3 is 2.57 bits per heavy atom. The second-order valence-electron chi connectivity index (χ2n) is 6.59. The molecule has 0 radical (unpaired) electrons. The zero-order chi connectivity index (χ0) is 19.9. The Morgan fingerprint density at radius 1 is 1.07 bits per heavy atom. The maximum Gasteiger partial charge on any atom is 0.246 e. The average Bonchev–Trinajstić information content (AvgIpc) is 3.13. The van der Waals surface area contributed by atoms with Crippen molar-refractivity contribution >= 4 is 22.9 Å². The van der Waals surface area contributed by atoms with E-state index >= 15 is 0 Å².